The van der Waals surface area contributed by atoms with Crippen LogP contribution in [0.25, 0.3) is 0 Å². The molecule has 1 aliphatic rings. The highest BCUT2D eigenvalue weighted by molar-refractivity contribution is 5.48. The second-order valence-corrected chi connectivity index (χ2v) is 4.61. The largest absolute Gasteiger partial charge is 0.385 e. The number of hydrogen-bond donors (Lipinski definition) is 1. The van der Waals surface area contributed by atoms with E-state index >= 15 is 0 Å². The van der Waals surface area contributed by atoms with Crippen LogP contribution in [0, 0.1) is 12.8 Å². The summed E-state index contributed by atoms with van der Waals surface area (Å²) in [5.74, 6) is 0.686. The van der Waals surface area contributed by atoms with Crippen molar-refractivity contribution in [3.05, 3.63) is 29.3 Å². The summed E-state index contributed by atoms with van der Waals surface area (Å²) in [7, 11) is 0. The standard InChI is InChI=1S/C14H21NO/c1-3-13-8-14(5-4-11(13)2)15-9-12-6-7-16-10-12/h4-5,8,12,15H,3,6-7,9-10H2,1-2H3. The minimum atomic E-state index is 0.686. The molecule has 88 valence electrons. The number of anilines is 1. The summed E-state index contributed by atoms with van der Waals surface area (Å²) in [4.78, 5) is 0. The summed E-state index contributed by atoms with van der Waals surface area (Å²) >= 11 is 0. The van der Waals surface area contributed by atoms with Crippen molar-refractivity contribution in [1.82, 2.24) is 0 Å². The van der Waals surface area contributed by atoms with Gasteiger partial charge in [0.2, 0.25) is 0 Å². The summed E-state index contributed by atoms with van der Waals surface area (Å²) in [5.41, 5.74) is 4.07. The molecule has 2 nitrogen and oxygen atoms in total. The van der Waals surface area contributed by atoms with Gasteiger partial charge in [-0.2, -0.15) is 0 Å². The molecule has 1 saturated heterocycles. The Kier molecular flexibility index (Phi) is 3.83. The lowest BCUT2D eigenvalue weighted by molar-refractivity contribution is 0.187. The van der Waals surface area contributed by atoms with Crippen LogP contribution in [-0.2, 0) is 11.2 Å². The zero-order valence-corrected chi connectivity index (χ0v) is 10.3. The van der Waals surface area contributed by atoms with E-state index in [0.717, 1.165) is 26.2 Å². The summed E-state index contributed by atoms with van der Waals surface area (Å²) in [6.45, 7) is 7.26. The van der Waals surface area contributed by atoms with Gasteiger partial charge < -0.3 is 10.1 Å². The van der Waals surface area contributed by atoms with Crippen molar-refractivity contribution in [2.75, 3.05) is 25.1 Å². The molecule has 0 aromatic heterocycles. The molecule has 0 amide bonds. The molecule has 1 aromatic carbocycles. The van der Waals surface area contributed by atoms with Gasteiger partial charge in [-0.05, 0) is 43.0 Å². The molecule has 1 aromatic rings. The first-order valence-electron chi connectivity index (χ1n) is 6.20. The predicted octanol–water partition coefficient (Wildman–Crippen LogP) is 3.01. The molecule has 1 fully saturated rings. The van der Waals surface area contributed by atoms with E-state index in [1.54, 1.807) is 0 Å². The molecule has 0 aliphatic carbocycles. The van der Waals surface area contributed by atoms with Crippen LogP contribution in [0.15, 0.2) is 18.2 Å². The molecule has 2 rings (SSSR count). The third-order valence-electron chi connectivity index (χ3n) is 3.35. The Hall–Kier alpha value is -1.02. The SMILES string of the molecule is CCc1cc(NCC2CCOC2)ccc1C. The maximum atomic E-state index is 5.37. The van der Waals surface area contributed by atoms with E-state index in [0.29, 0.717) is 5.92 Å². The van der Waals surface area contributed by atoms with Crippen LogP contribution in [0.4, 0.5) is 5.69 Å². The van der Waals surface area contributed by atoms with Gasteiger partial charge >= 0.3 is 0 Å². The third-order valence-corrected chi connectivity index (χ3v) is 3.35. The molecule has 1 atom stereocenters. The lowest BCUT2D eigenvalue weighted by Gasteiger charge is -2.12. The Morgan fingerprint density at radius 2 is 2.31 bits per heavy atom. The number of ether oxygens (including phenoxy) is 1. The van der Waals surface area contributed by atoms with Crippen molar-refractivity contribution in [1.29, 1.82) is 0 Å². The average Bonchev–Trinajstić information content (AvgIpc) is 2.81. The molecule has 16 heavy (non-hydrogen) atoms. The average molecular weight is 219 g/mol. The van der Waals surface area contributed by atoms with Gasteiger partial charge in [0.1, 0.15) is 0 Å². The van der Waals surface area contributed by atoms with Crippen LogP contribution in [-0.4, -0.2) is 19.8 Å². The molecule has 0 bridgehead atoms. The van der Waals surface area contributed by atoms with Gasteiger partial charge in [-0.15, -0.1) is 0 Å². The van der Waals surface area contributed by atoms with Crippen molar-refractivity contribution in [3.8, 4) is 0 Å². The monoisotopic (exact) mass is 219 g/mol. The highest BCUT2D eigenvalue weighted by Gasteiger charge is 2.14. The van der Waals surface area contributed by atoms with Crippen LogP contribution in [0.3, 0.4) is 0 Å². The van der Waals surface area contributed by atoms with E-state index in [-0.39, 0.29) is 0 Å². The maximum absolute atomic E-state index is 5.37. The van der Waals surface area contributed by atoms with Crippen LogP contribution in [0.2, 0.25) is 0 Å². The molecular formula is C14H21NO. The minimum absolute atomic E-state index is 0.686. The van der Waals surface area contributed by atoms with E-state index < -0.39 is 0 Å². The van der Waals surface area contributed by atoms with Crippen molar-refractivity contribution < 1.29 is 4.74 Å². The van der Waals surface area contributed by atoms with Crippen LogP contribution in [0.1, 0.15) is 24.5 Å². The predicted molar refractivity (Wildman–Crippen MR) is 68.0 cm³/mol. The lowest BCUT2D eigenvalue weighted by Crippen LogP contribution is -2.14. The van der Waals surface area contributed by atoms with Crippen LogP contribution >= 0.6 is 0 Å². The van der Waals surface area contributed by atoms with Crippen molar-refractivity contribution in [3.63, 3.8) is 0 Å². The molecule has 0 saturated carbocycles. The number of hydrogen-bond acceptors (Lipinski definition) is 2. The Bertz CT molecular complexity index is 343. The Balaban J connectivity index is 1.93. The van der Waals surface area contributed by atoms with Gasteiger partial charge in [0.05, 0.1) is 6.61 Å². The van der Waals surface area contributed by atoms with Crippen molar-refractivity contribution >= 4 is 5.69 Å². The van der Waals surface area contributed by atoms with E-state index in [1.165, 1.54) is 23.2 Å². The molecule has 0 spiro atoms. The number of benzene rings is 1. The van der Waals surface area contributed by atoms with Gasteiger partial charge in [0.25, 0.3) is 0 Å². The Morgan fingerprint density at radius 1 is 1.44 bits per heavy atom. The summed E-state index contributed by atoms with van der Waals surface area (Å²) < 4.78 is 5.37. The lowest BCUT2D eigenvalue weighted by atomic mass is 10.1. The van der Waals surface area contributed by atoms with Gasteiger partial charge in [-0.1, -0.05) is 13.0 Å². The molecule has 1 unspecified atom stereocenters. The minimum Gasteiger partial charge on any atom is -0.385 e. The third kappa shape index (κ3) is 2.76. The van der Waals surface area contributed by atoms with E-state index in [9.17, 15) is 0 Å². The first kappa shape index (κ1) is 11.5. The zero-order valence-electron chi connectivity index (χ0n) is 10.3. The van der Waals surface area contributed by atoms with E-state index in [2.05, 4.69) is 37.4 Å². The van der Waals surface area contributed by atoms with Crippen LogP contribution < -0.4 is 5.32 Å². The molecule has 1 N–H and O–H groups in total. The zero-order chi connectivity index (χ0) is 11.4. The smallest absolute Gasteiger partial charge is 0.0511 e. The van der Waals surface area contributed by atoms with Gasteiger partial charge in [-0.3, -0.25) is 0 Å². The normalized spacial score (nSPS) is 20.0. The fraction of sp³-hybridized carbons (Fsp3) is 0.571. The second-order valence-electron chi connectivity index (χ2n) is 4.61. The highest BCUT2D eigenvalue weighted by Crippen LogP contribution is 2.18. The fourth-order valence-electron chi connectivity index (χ4n) is 2.17. The highest BCUT2D eigenvalue weighted by atomic mass is 16.5. The summed E-state index contributed by atoms with van der Waals surface area (Å²) in [6.07, 6.45) is 2.30. The maximum Gasteiger partial charge on any atom is 0.0511 e. The summed E-state index contributed by atoms with van der Waals surface area (Å²) in [5, 5.41) is 3.51. The second kappa shape index (κ2) is 5.35. The van der Waals surface area contributed by atoms with Crippen LogP contribution in [0.5, 0.6) is 0 Å². The van der Waals surface area contributed by atoms with Crippen molar-refractivity contribution in [2.24, 2.45) is 5.92 Å². The topological polar surface area (TPSA) is 21.3 Å². The number of aryl methyl sites for hydroxylation is 2. The molecule has 1 heterocycles. The quantitative estimate of drug-likeness (QED) is 0.840. The Morgan fingerprint density at radius 3 is 3.00 bits per heavy atom. The number of nitrogens with one attached hydrogen (secondary N) is 1. The van der Waals surface area contributed by atoms with Gasteiger partial charge in [0.15, 0.2) is 0 Å². The van der Waals surface area contributed by atoms with E-state index in [1.807, 2.05) is 0 Å². The Labute approximate surface area is 98.0 Å². The van der Waals surface area contributed by atoms with Crippen molar-refractivity contribution in [2.45, 2.75) is 26.7 Å². The van der Waals surface area contributed by atoms with Gasteiger partial charge in [0, 0.05) is 24.8 Å². The van der Waals surface area contributed by atoms with E-state index in [4.69, 9.17) is 4.74 Å². The van der Waals surface area contributed by atoms with Gasteiger partial charge in [-0.25, -0.2) is 0 Å². The first-order chi connectivity index (χ1) is 7.79. The fourth-order valence-corrected chi connectivity index (χ4v) is 2.17. The molecular weight excluding hydrogens is 198 g/mol. The molecule has 1 aliphatic heterocycles. The summed E-state index contributed by atoms with van der Waals surface area (Å²) in [6, 6.07) is 6.64. The molecule has 0 radical (unpaired) electrons. The molecule has 2 heteroatoms. The number of rotatable bonds is 4. The first-order valence-corrected chi connectivity index (χ1v) is 6.20.